The average molecular weight is 433 g/mol. The van der Waals surface area contributed by atoms with Gasteiger partial charge in [0.05, 0.1) is 6.54 Å². The maximum atomic E-state index is 13.2. The number of rotatable bonds is 9. The molecular weight excluding hydrogens is 400 g/mol. The number of nitrogens with one attached hydrogen (secondary N) is 1. The van der Waals surface area contributed by atoms with E-state index in [1.807, 2.05) is 48.7 Å². The van der Waals surface area contributed by atoms with E-state index in [9.17, 15) is 9.59 Å². The van der Waals surface area contributed by atoms with Crippen LogP contribution in [0.5, 0.6) is 0 Å². The lowest BCUT2D eigenvalue weighted by atomic mass is 10.2. The van der Waals surface area contributed by atoms with Gasteiger partial charge in [0.1, 0.15) is 6.54 Å². The van der Waals surface area contributed by atoms with Crippen LogP contribution in [0.25, 0.3) is 0 Å². The van der Waals surface area contributed by atoms with Crippen LogP contribution >= 0.6 is 11.6 Å². The molecule has 1 aromatic carbocycles. The van der Waals surface area contributed by atoms with Gasteiger partial charge in [-0.2, -0.15) is 0 Å². The van der Waals surface area contributed by atoms with Crippen molar-refractivity contribution >= 4 is 29.2 Å². The lowest BCUT2D eigenvalue weighted by Crippen LogP contribution is -2.48. The molecule has 0 saturated carbocycles. The van der Waals surface area contributed by atoms with Gasteiger partial charge in [-0.15, -0.1) is 0 Å². The smallest absolute Gasteiger partial charge is 0.322 e. The third-order valence-corrected chi connectivity index (χ3v) is 5.38. The highest BCUT2D eigenvalue weighted by Gasteiger charge is 2.25. The Hall–Kier alpha value is -2.47. The fourth-order valence-corrected chi connectivity index (χ4v) is 3.30. The Morgan fingerprint density at radius 2 is 1.80 bits per heavy atom. The first kappa shape index (κ1) is 23.8. The highest BCUT2D eigenvalue weighted by molar-refractivity contribution is 6.30. The first-order valence-corrected chi connectivity index (χ1v) is 10.8. The number of hydrogen-bond acceptors (Lipinski definition) is 2. The highest BCUT2D eigenvalue weighted by atomic mass is 35.5. The van der Waals surface area contributed by atoms with E-state index < -0.39 is 0 Å². The summed E-state index contributed by atoms with van der Waals surface area (Å²) < 4.78 is 2.01. The highest BCUT2D eigenvalue weighted by Crippen LogP contribution is 2.16. The first-order chi connectivity index (χ1) is 14.2. The van der Waals surface area contributed by atoms with Crippen LogP contribution in [0.2, 0.25) is 5.02 Å². The summed E-state index contributed by atoms with van der Waals surface area (Å²) in [6.45, 7) is 9.33. The number of carbonyl (C=O) groups excluding carboxylic acids is 2. The summed E-state index contributed by atoms with van der Waals surface area (Å²) in [5, 5.41) is 3.48. The zero-order chi connectivity index (χ0) is 22.3. The molecule has 1 N–H and O–H groups in total. The second kappa shape index (κ2) is 11.1. The quantitative estimate of drug-likeness (QED) is 0.606. The summed E-state index contributed by atoms with van der Waals surface area (Å²) in [5.74, 6) is 0.269. The molecule has 0 unspecified atom stereocenters. The Balaban J connectivity index is 2.15. The van der Waals surface area contributed by atoms with Gasteiger partial charge in [0, 0.05) is 42.2 Å². The van der Waals surface area contributed by atoms with Crippen molar-refractivity contribution in [2.45, 2.75) is 46.7 Å². The molecule has 2 rings (SSSR count). The Morgan fingerprint density at radius 3 is 2.33 bits per heavy atom. The van der Waals surface area contributed by atoms with Gasteiger partial charge in [-0.1, -0.05) is 32.4 Å². The van der Waals surface area contributed by atoms with E-state index in [0.717, 1.165) is 12.1 Å². The minimum absolute atomic E-state index is 0.0333. The number of hydrogen-bond donors (Lipinski definition) is 1. The normalized spacial score (nSPS) is 12.0. The van der Waals surface area contributed by atoms with Crippen molar-refractivity contribution in [1.82, 2.24) is 14.4 Å². The maximum Gasteiger partial charge on any atom is 0.322 e. The molecule has 0 aliphatic rings. The van der Waals surface area contributed by atoms with Crippen LogP contribution in [0.3, 0.4) is 0 Å². The number of nitrogens with zero attached hydrogens (tertiary/aromatic N) is 3. The molecule has 0 radical (unpaired) electrons. The monoisotopic (exact) mass is 432 g/mol. The summed E-state index contributed by atoms with van der Waals surface area (Å²) in [6, 6.07) is 10.6. The van der Waals surface area contributed by atoms with Crippen LogP contribution in [0, 0.1) is 5.92 Å². The molecule has 0 bridgehead atoms. The van der Waals surface area contributed by atoms with Gasteiger partial charge in [-0.25, -0.2) is 4.79 Å². The Labute approximate surface area is 184 Å². The minimum Gasteiger partial charge on any atom is -0.353 e. The van der Waals surface area contributed by atoms with E-state index in [4.69, 9.17) is 11.6 Å². The number of benzene rings is 1. The number of halogens is 1. The molecule has 2 aromatic rings. The Kier molecular flexibility index (Phi) is 8.78. The van der Waals surface area contributed by atoms with Crippen molar-refractivity contribution < 1.29 is 9.59 Å². The predicted molar refractivity (Wildman–Crippen MR) is 123 cm³/mol. The topological polar surface area (TPSA) is 57.6 Å². The fourth-order valence-electron chi connectivity index (χ4n) is 3.17. The molecule has 3 amide bonds. The number of anilines is 1. The van der Waals surface area contributed by atoms with Gasteiger partial charge in [0.15, 0.2) is 0 Å². The Morgan fingerprint density at radius 1 is 1.13 bits per heavy atom. The SMILES string of the molecule is CC[C@@H](C)N(CC(=O)N(Cc1cccn1C)CC(C)C)C(=O)Nc1ccc(Cl)cc1. The van der Waals surface area contributed by atoms with Crippen molar-refractivity contribution in [2.24, 2.45) is 13.0 Å². The van der Waals surface area contributed by atoms with Gasteiger partial charge in [-0.3, -0.25) is 4.79 Å². The van der Waals surface area contributed by atoms with Crippen LogP contribution in [-0.2, 0) is 18.4 Å². The molecule has 0 fully saturated rings. The average Bonchev–Trinajstić information content (AvgIpc) is 3.10. The number of aromatic nitrogens is 1. The summed E-state index contributed by atoms with van der Waals surface area (Å²) in [7, 11) is 1.97. The van der Waals surface area contributed by atoms with E-state index in [2.05, 4.69) is 19.2 Å². The van der Waals surface area contributed by atoms with E-state index in [1.54, 1.807) is 29.2 Å². The number of aryl methyl sites for hydroxylation is 1. The molecule has 0 aliphatic carbocycles. The summed E-state index contributed by atoms with van der Waals surface area (Å²) in [5.41, 5.74) is 1.71. The molecule has 0 saturated heterocycles. The lowest BCUT2D eigenvalue weighted by Gasteiger charge is -2.32. The molecule has 0 spiro atoms. The summed E-state index contributed by atoms with van der Waals surface area (Å²) in [4.78, 5) is 29.6. The van der Waals surface area contributed by atoms with Gasteiger partial charge < -0.3 is 19.7 Å². The Bertz CT molecular complexity index is 832. The third-order valence-electron chi connectivity index (χ3n) is 5.13. The largest absolute Gasteiger partial charge is 0.353 e. The van der Waals surface area contributed by atoms with Crippen LogP contribution in [0.4, 0.5) is 10.5 Å². The maximum absolute atomic E-state index is 13.2. The molecule has 1 heterocycles. The molecule has 6 nitrogen and oxygen atoms in total. The minimum atomic E-state index is -0.289. The van der Waals surface area contributed by atoms with Crippen molar-refractivity contribution in [3.05, 3.63) is 53.3 Å². The van der Waals surface area contributed by atoms with Gasteiger partial charge in [0.25, 0.3) is 0 Å². The van der Waals surface area contributed by atoms with Crippen LogP contribution < -0.4 is 5.32 Å². The number of urea groups is 1. The molecular formula is C23H33ClN4O2. The third kappa shape index (κ3) is 6.80. The second-order valence-electron chi connectivity index (χ2n) is 8.10. The lowest BCUT2D eigenvalue weighted by molar-refractivity contribution is -0.133. The van der Waals surface area contributed by atoms with Crippen molar-refractivity contribution in [1.29, 1.82) is 0 Å². The van der Waals surface area contributed by atoms with E-state index >= 15 is 0 Å². The predicted octanol–water partition coefficient (Wildman–Crippen LogP) is 5.00. The van der Waals surface area contributed by atoms with E-state index in [1.165, 1.54) is 0 Å². The van der Waals surface area contributed by atoms with Gasteiger partial charge in [-0.05, 0) is 55.7 Å². The molecule has 30 heavy (non-hydrogen) atoms. The summed E-state index contributed by atoms with van der Waals surface area (Å²) >= 11 is 5.92. The van der Waals surface area contributed by atoms with Crippen molar-refractivity contribution in [2.75, 3.05) is 18.4 Å². The van der Waals surface area contributed by atoms with E-state index in [0.29, 0.717) is 29.7 Å². The fraction of sp³-hybridized carbons (Fsp3) is 0.478. The van der Waals surface area contributed by atoms with Crippen LogP contribution in [0.15, 0.2) is 42.6 Å². The van der Waals surface area contributed by atoms with Crippen LogP contribution in [-0.4, -0.2) is 45.4 Å². The standard InChI is InChI=1S/C23H33ClN4O2/c1-6-18(4)28(23(30)25-20-11-9-19(24)10-12-20)16-22(29)27(14-17(2)3)15-21-8-7-13-26(21)5/h7-13,17-18H,6,14-16H2,1-5H3,(H,25,30)/t18-/m1/s1. The molecule has 1 atom stereocenters. The van der Waals surface area contributed by atoms with Crippen LogP contribution in [0.1, 0.15) is 39.8 Å². The zero-order valence-electron chi connectivity index (χ0n) is 18.6. The number of amides is 3. The van der Waals surface area contributed by atoms with Crippen molar-refractivity contribution in [3.8, 4) is 0 Å². The first-order valence-electron chi connectivity index (χ1n) is 10.4. The van der Waals surface area contributed by atoms with E-state index in [-0.39, 0.29) is 24.5 Å². The summed E-state index contributed by atoms with van der Waals surface area (Å²) in [6.07, 6.45) is 2.72. The molecule has 164 valence electrons. The van der Waals surface area contributed by atoms with Gasteiger partial charge >= 0.3 is 6.03 Å². The molecule has 7 heteroatoms. The molecule has 1 aromatic heterocycles. The molecule has 0 aliphatic heterocycles. The van der Waals surface area contributed by atoms with Gasteiger partial charge in [0.2, 0.25) is 5.91 Å². The van der Waals surface area contributed by atoms with Crippen molar-refractivity contribution in [3.63, 3.8) is 0 Å². The number of carbonyl (C=O) groups is 2. The second-order valence-corrected chi connectivity index (χ2v) is 8.54. The zero-order valence-corrected chi connectivity index (χ0v) is 19.3.